The molecule has 2 N–H and O–H groups in total. The Morgan fingerprint density at radius 2 is 1.86 bits per heavy atom. The molecule has 0 fully saturated rings. The number of amides is 1. The molecule has 0 saturated carbocycles. The molecule has 0 aliphatic carbocycles. The van der Waals surface area contributed by atoms with E-state index < -0.39 is 6.09 Å². The van der Waals surface area contributed by atoms with Gasteiger partial charge in [-0.25, -0.2) is 9.18 Å². The Morgan fingerprint density at radius 1 is 1.10 bits per heavy atom. The second-order valence-corrected chi connectivity index (χ2v) is 4.53. The zero-order chi connectivity index (χ0) is 15.1. The van der Waals surface area contributed by atoms with Gasteiger partial charge in [0.15, 0.2) is 0 Å². The Hall–Kier alpha value is -2.56. The molecular formula is C16H17FN2O2. The van der Waals surface area contributed by atoms with Gasteiger partial charge in [0.1, 0.15) is 5.82 Å². The minimum absolute atomic E-state index is 0.237. The lowest BCUT2D eigenvalue weighted by molar-refractivity contribution is 0.170. The summed E-state index contributed by atoms with van der Waals surface area (Å²) in [5.74, 6) is -0.237. The number of alkyl carbamates (subject to hydrolysis) is 1. The van der Waals surface area contributed by atoms with Crippen LogP contribution in [0, 0.1) is 5.82 Å². The van der Waals surface area contributed by atoms with Crippen LogP contribution in [0.1, 0.15) is 11.1 Å². The van der Waals surface area contributed by atoms with Crippen LogP contribution in [-0.2, 0) is 17.8 Å². The van der Waals surface area contributed by atoms with E-state index in [0.717, 1.165) is 16.8 Å². The molecule has 0 heterocycles. The lowest BCUT2D eigenvalue weighted by atomic mass is 10.2. The Morgan fingerprint density at radius 3 is 2.52 bits per heavy atom. The van der Waals surface area contributed by atoms with Crippen LogP contribution in [0.25, 0.3) is 0 Å². The summed E-state index contributed by atoms with van der Waals surface area (Å²) in [7, 11) is 1.33. The minimum Gasteiger partial charge on any atom is -0.453 e. The summed E-state index contributed by atoms with van der Waals surface area (Å²) in [5, 5.41) is 5.82. The van der Waals surface area contributed by atoms with Gasteiger partial charge in [-0.15, -0.1) is 0 Å². The lowest BCUT2D eigenvalue weighted by Gasteiger charge is -2.08. The van der Waals surface area contributed by atoms with Crippen LogP contribution in [0.15, 0.2) is 48.5 Å². The van der Waals surface area contributed by atoms with E-state index in [9.17, 15) is 9.18 Å². The van der Waals surface area contributed by atoms with Crippen molar-refractivity contribution in [1.29, 1.82) is 0 Å². The summed E-state index contributed by atoms with van der Waals surface area (Å²) in [6, 6.07) is 14.1. The van der Waals surface area contributed by atoms with E-state index in [2.05, 4.69) is 15.4 Å². The molecule has 0 aliphatic rings. The first-order valence-electron chi connectivity index (χ1n) is 6.56. The Bertz CT molecular complexity index is 599. The van der Waals surface area contributed by atoms with Gasteiger partial charge in [0.05, 0.1) is 7.11 Å². The number of anilines is 1. The third kappa shape index (κ3) is 4.80. The zero-order valence-electron chi connectivity index (χ0n) is 11.7. The predicted octanol–water partition coefficient (Wildman–Crippen LogP) is 3.29. The lowest BCUT2D eigenvalue weighted by Crippen LogP contribution is -2.22. The molecule has 0 saturated heterocycles. The maximum absolute atomic E-state index is 13.1. The van der Waals surface area contributed by atoms with E-state index in [1.54, 1.807) is 6.07 Å². The first kappa shape index (κ1) is 14.8. The third-order valence-electron chi connectivity index (χ3n) is 2.96. The fourth-order valence-electron chi connectivity index (χ4n) is 1.84. The average molecular weight is 288 g/mol. The zero-order valence-corrected chi connectivity index (χ0v) is 11.7. The molecule has 2 aromatic carbocycles. The third-order valence-corrected chi connectivity index (χ3v) is 2.96. The van der Waals surface area contributed by atoms with Gasteiger partial charge < -0.3 is 15.4 Å². The molecule has 0 atom stereocenters. The van der Waals surface area contributed by atoms with Crippen molar-refractivity contribution >= 4 is 11.8 Å². The molecule has 0 spiro atoms. The highest BCUT2D eigenvalue weighted by Crippen LogP contribution is 2.12. The van der Waals surface area contributed by atoms with E-state index in [1.165, 1.54) is 19.2 Å². The number of halogens is 1. The molecule has 2 aromatic rings. The first-order valence-corrected chi connectivity index (χ1v) is 6.56. The molecule has 1 amide bonds. The monoisotopic (exact) mass is 288 g/mol. The minimum atomic E-state index is -0.455. The molecule has 110 valence electrons. The van der Waals surface area contributed by atoms with Crippen LogP contribution in [0.4, 0.5) is 14.9 Å². The van der Waals surface area contributed by atoms with Crippen LogP contribution in [0.5, 0.6) is 0 Å². The van der Waals surface area contributed by atoms with E-state index in [1.807, 2.05) is 30.3 Å². The highest BCUT2D eigenvalue weighted by atomic mass is 19.1. The molecule has 5 heteroatoms. The smallest absolute Gasteiger partial charge is 0.407 e. The molecule has 2 rings (SSSR count). The SMILES string of the molecule is COC(=O)NCc1ccc(NCc2cccc(F)c2)cc1. The van der Waals surface area contributed by atoms with Crippen molar-refractivity contribution in [3.8, 4) is 0 Å². The molecule has 0 unspecified atom stereocenters. The average Bonchev–Trinajstić information content (AvgIpc) is 2.51. The summed E-state index contributed by atoms with van der Waals surface area (Å²) in [6.07, 6.45) is -0.455. The molecule has 0 aromatic heterocycles. The number of benzene rings is 2. The van der Waals surface area contributed by atoms with Crippen LogP contribution >= 0.6 is 0 Å². The van der Waals surface area contributed by atoms with Crippen LogP contribution in [0.3, 0.4) is 0 Å². The van der Waals surface area contributed by atoms with Gasteiger partial charge in [0, 0.05) is 18.8 Å². The van der Waals surface area contributed by atoms with Gasteiger partial charge >= 0.3 is 6.09 Å². The number of hydrogen-bond acceptors (Lipinski definition) is 3. The van der Waals surface area contributed by atoms with Crippen molar-refractivity contribution in [3.63, 3.8) is 0 Å². The number of nitrogens with one attached hydrogen (secondary N) is 2. The van der Waals surface area contributed by atoms with E-state index >= 15 is 0 Å². The number of carbonyl (C=O) groups is 1. The maximum Gasteiger partial charge on any atom is 0.407 e. The van der Waals surface area contributed by atoms with Crippen molar-refractivity contribution in [2.24, 2.45) is 0 Å². The van der Waals surface area contributed by atoms with Gasteiger partial charge in [-0.1, -0.05) is 24.3 Å². The number of rotatable bonds is 5. The number of methoxy groups -OCH3 is 1. The van der Waals surface area contributed by atoms with Crippen molar-refractivity contribution in [2.45, 2.75) is 13.1 Å². The second-order valence-electron chi connectivity index (χ2n) is 4.53. The quantitative estimate of drug-likeness (QED) is 0.887. The Labute approximate surface area is 122 Å². The summed E-state index contributed by atoms with van der Waals surface area (Å²) >= 11 is 0. The largest absolute Gasteiger partial charge is 0.453 e. The van der Waals surface area contributed by atoms with E-state index in [-0.39, 0.29) is 5.82 Å². The highest BCUT2D eigenvalue weighted by molar-refractivity contribution is 5.66. The van der Waals surface area contributed by atoms with Gasteiger partial charge in [-0.05, 0) is 35.4 Å². The fourth-order valence-corrected chi connectivity index (χ4v) is 1.84. The number of ether oxygens (including phenoxy) is 1. The van der Waals surface area contributed by atoms with Crippen LogP contribution in [0.2, 0.25) is 0 Å². The summed E-state index contributed by atoms with van der Waals surface area (Å²) in [5.41, 5.74) is 2.78. The normalized spacial score (nSPS) is 10.0. The fraction of sp³-hybridized carbons (Fsp3) is 0.188. The molecule has 0 aliphatic heterocycles. The van der Waals surface area contributed by atoms with E-state index in [4.69, 9.17) is 0 Å². The van der Waals surface area contributed by atoms with Gasteiger partial charge in [0.25, 0.3) is 0 Å². The number of carbonyl (C=O) groups excluding carboxylic acids is 1. The van der Waals surface area contributed by atoms with Crippen LogP contribution in [-0.4, -0.2) is 13.2 Å². The highest BCUT2D eigenvalue weighted by Gasteiger charge is 2.00. The summed E-state index contributed by atoms with van der Waals surface area (Å²) in [4.78, 5) is 11.0. The molecular weight excluding hydrogens is 271 g/mol. The summed E-state index contributed by atoms with van der Waals surface area (Å²) in [6.45, 7) is 0.967. The number of hydrogen-bond donors (Lipinski definition) is 2. The molecule has 0 bridgehead atoms. The predicted molar refractivity (Wildman–Crippen MR) is 79.4 cm³/mol. The maximum atomic E-state index is 13.1. The second kappa shape index (κ2) is 7.28. The van der Waals surface area contributed by atoms with Crippen LogP contribution < -0.4 is 10.6 Å². The van der Waals surface area contributed by atoms with Gasteiger partial charge in [0.2, 0.25) is 0 Å². The molecule has 4 nitrogen and oxygen atoms in total. The van der Waals surface area contributed by atoms with Crippen molar-refractivity contribution in [1.82, 2.24) is 5.32 Å². The summed E-state index contributed by atoms with van der Waals surface area (Å²) < 4.78 is 17.6. The molecule has 21 heavy (non-hydrogen) atoms. The van der Waals surface area contributed by atoms with Crippen molar-refractivity contribution in [2.75, 3.05) is 12.4 Å². The topological polar surface area (TPSA) is 50.4 Å². The van der Waals surface area contributed by atoms with Crippen molar-refractivity contribution < 1.29 is 13.9 Å². The van der Waals surface area contributed by atoms with Crippen molar-refractivity contribution in [3.05, 3.63) is 65.5 Å². The van der Waals surface area contributed by atoms with Gasteiger partial charge in [-0.3, -0.25) is 0 Å². The Kier molecular flexibility index (Phi) is 5.15. The Balaban J connectivity index is 1.86. The van der Waals surface area contributed by atoms with Gasteiger partial charge in [-0.2, -0.15) is 0 Å². The standard InChI is InChI=1S/C16H17FN2O2/c1-21-16(20)19-10-12-5-7-15(8-6-12)18-11-13-3-2-4-14(17)9-13/h2-9,18H,10-11H2,1H3,(H,19,20). The molecule has 0 radical (unpaired) electrons. The first-order chi connectivity index (χ1) is 10.2. The van der Waals surface area contributed by atoms with E-state index in [0.29, 0.717) is 13.1 Å².